The lowest BCUT2D eigenvalue weighted by atomic mass is 9.94. The Bertz CT molecular complexity index is 494. The van der Waals surface area contributed by atoms with Gasteiger partial charge in [-0.05, 0) is 18.2 Å². The molecule has 0 bridgehead atoms. The first-order valence-corrected chi connectivity index (χ1v) is 7.67. The highest BCUT2D eigenvalue weighted by Crippen LogP contribution is 2.23. The number of amides is 1. The number of ether oxygens (including phenoxy) is 1. The van der Waals surface area contributed by atoms with Crippen LogP contribution >= 0.6 is 22.9 Å². The molecule has 1 saturated heterocycles. The Labute approximate surface area is 127 Å². The van der Waals surface area contributed by atoms with Gasteiger partial charge in [0.05, 0.1) is 9.94 Å². The molecule has 1 N–H and O–H groups in total. The van der Waals surface area contributed by atoms with Gasteiger partial charge in [0.2, 0.25) is 5.91 Å². The van der Waals surface area contributed by atoms with Crippen molar-refractivity contribution in [3.05, 3.63) is 27.4 Å². The summed E-state index contributed by atoms with van der Waals surface area (Å²) in [6, 6.07) is 3.66. The monoisotopic (exact) mass is 315 g/mol. The Morgan fingerprint density at radius 1 is 1.55 bits per heavy atom. The first-order chi connectivity index (χ1) is 9.48. The van der Waals surface area contributed by atoms with E-state index in [1.807, 2.05) is 6.07 Å². The van der Waals surface area contributed by atoms with Gasteiger partial charge in [-0.25, -0.2) is 0 Å². The number of nitrogens with zero attached hydrogens (tertiary/aromatic N) is 1. The molecule has 1 aromatic heterocycles. The highest BCUT2D eigenvalue weighted by molar-refractivity contribution is 7.17. The van der Waals surface area contributed by atoms with E-state index in [4.69, 9.17) is 16.3 Å². The van der Waals surface area contributed by atoms with E-state index in [-0.39, 0.29) is 5.91 Å². The third-order valence-corrected chi connectivity index (χ3v) is 4.51. The van der Waals surface area contributed by atoms with Crippen molar-refractivity contribution in [3.8, 4) is 0 Å². The van der Waals surface area contributed by atoms with Gasteiger partial charge in [0.1, 0.15) is 0 Å². The zero-order chi connectivity index (χ0) is 14.6. The molecule has 0 spiro atoms. The maximum Gasteiger partial charge on any atom is 0.246 e. The van der Waals surface area contributed by atoms with Crippen molar-refractivity contribution in [1.29, 1.82) is 0 Å². The van der Waals surface area contributed by atoms with Gasteiger partial charge >= 0.3 is 0 Å². The average Bonchev–Trinajstić information content (AvgIpc) is 2.82. The Hall–Kier alpha value is -0.880. The summed E-state index contributed by atoms with van der Waals surface area (Å²) in [5.74, 6) is -0.130. The molecular weight excluding hydrogens is 298 g/mol. The third kappa shape index (κ3) is 4.31. The molecule has 1 aliphatic rings. The molecule has 2 rings (SSSR count). The average molecular weight is 316 g/mol. The van der Waals surface area contributed by atoms with Gasteiger partial charge < -0.3 is 14.7 Å². The predicted octanol–water partition coefficient (Wildman–Crippen LogP) is 2.41. The molecule has 0 atom stereocenters. The highest BCUT2D eigenvalue weighted by atomic mass is 35.5. The van der Waals surface area contributed by atoms with Gasteiger partial charge in [-0.3, -0.25) is 4.79 Å². The number of likely N-dealkylation sites (N-methyl/N-ethyl adjacent to an activating group) is 1. The van der Waals surface area contributed by atoms with E-state index in [9.17, 15) is 9.90 Å². The van der Waals surface area contributed by atoms with Crippen LogP contribution in [-0.2, 0) is 9.53 Å². The van der Waals surface area contributed by atoms with Gasteiger partial charge in [0, 0.05) is 50.6 Å². The molecule has 0 unspecified atom stereocenters. The molecule has 0 saturated carbocycles. The predicted molar refractivity (Wildman–Crippen MR) is 81.0 cm³/mol. The van der Waals surface area contributed by atoms with Gasteiger partial charge in [-0.15, -0.1) is 11.3 Å². The van der Waals surface area contributed by atoms with Crippen molar-refractivity contribution < 1.29 is 14.6 Å². The minimum absolute atomic E-state index is 0.130. The molecule has 110 valence electrons. The molecule has 0 radical (unpaired) electrons. The number of halogens is 1. The van der Waals surface area contributed by atoms with Crippen molar-refractivity contribution in [2.75, 3.05) is 26.8 Å². The second-order valence-electron chi connectivity index (χ2n) is 5.01. The summed E-state index contributed by atoms with van der Waals surface area (Å²) in [7, 11) is 1.70. The van der Waals surface area contributed by atoms with E-state index < -0.39 is 5.60 Å². The SMILES string of the molecule is CN(CC1(O)CCOCC1)C(=O)/C=C/c1ccc(Cl)s1. The topological polar surface area (TPSA) is 49.8 Å². The van der Waals surface area contributed by atoms with Crippen molar-refractivity contribution >= 4 is 34.9 Å². The zero-order valence-electron chi connectivity index (χ0n) is 11.3. The maximum absolute atomic E-state index is 12.0. The Balaban J connectivity index is 1.90. The van der Waals surface area contributed by atoms with E-state index in [0.29, 0.717) is 36.9 Å². The number of hydrogen-bond donors (Lipinski definition) is 1. The highest BCUT2D eigenvalue weighted by Gasteiger charge is 2.31. The summed E-state index contributed by atoms with van der Waals surface area (Å²) in [5, 5.41) is 10.4. The van der Waals surface area contributed by atoms with Crippen LogP contribution in [0.2, 0.25) is 4.34 Å². The van der Waals surface area contributed by atoms with Crippen LogP contribution in [0.25, 0.3) is 6.08 Å². The van der Waals surface area contributed by atoms with Crippen molar-refractivity contribution in [1.82, 2.24) is 4.90 Å². The minimum atomic E-state index is -0.831. The molecule has 0 aromatic carbocycles. The van der Waals surface area contributed by atoms with Crippen LogP contribution in [0.1, 0.15) is 17.7 Å². The van der Waals surface area contributed by atoms with Gasteiger partial charge in [-0.2, -0.15) is 0 Å². The van der Waals surface area contributed by atoms with Crippen LogP contribution in [0.5, 0.6) is 0 Å². The first kappa shape index (κ1) is 15.5. The third-order valence-electron chi connectivity index (χ3n) is 3.32. The number of carbonyl (C=O) groups excluding carboxylic acids is 1. The molecular formula is C14H18ClNO3S. The fourth-order valence-electron chi connectivity index (χ4n) is 2.13. The molecule has 1 aliphatic heterocycles. The van der Waals surface area contributed by atoms with Crippen LogP contribution in [0.15, 0.2) is 18.2 Å². The van der Waals surface area contributed by atoms with E-state index in [2.05, 4.69) is 0 Å². The van der Waals surface area contributed by atoms with Gasteiger partial charge in [0.15, 0.2) is 0 Å². The molecule has 1 amide bonds. The Kier molecular flexibility index (Phi) is 5.21. The maximum atomic E-state index is 12.0. The summed E-state index contributed by atoms with van der Waals surface area (Å²) in [5.41, 5.74) is -0.831. The number of aliphatic hydroxyl groups is 1. The summed E-state index contributed by atoms with van der Waals surface area (Å²) >= 11 is 7.25. The van der Waals surface area contributed by atoms with Crippen molar-refractivity contribution in [2.24, 2.45) is 0 Å². The molecule has 6 heteroatoms. The number of thiophene rings is 1. The largest absolute Gasteiger partial charge is 0.388 e. The van der Waals surface area contributed by atoms with E-state index in [1.54, 1.807) is 19.2 Å². The Morgan fingerprint density at radius 2 is 2.25 bits per heavy atom. The van der Waals surface area contributed by atoms with Gasteiger partial charge in [-0.1, -0.05) is 11.6 Å². The van der Waals surface area contributed by atoms with E-state index >= 15 is 0 Å². The quantitative estimate of drug-likeness (QED) is 0.868. The normalized spacial score (nSPS) is 18.4. The second-order valence-corrected chi connectivity index (χ2v) is 6.75. The number of rotatable bonds is 4. The fraction of sp³-hybridized carbons (Fsp3) is 0.500. The Morgan fingerprint density at radius 3 is 2.85 bits per heavy atom. The second kappa shape index (κ2) is 6.72. The van der Waals surface area contributed by atoms with Gasteiger partial charge in [0.25, 0.3) is 0 Å². The fourth-order valence-corrected chi connectivity index (χ4v) is 3.09. The summed E-state index contributed by atoms with van der Waals surface area (Å²) in [6.45, 7) is 1.41. The summed E-state index contributed by atoms with van der Waals surface area (Å²) in [6.07, 6.45) is 4.37. The number of carbonyl (C=O) groups is 1. The molecule has 20 heavy (non-hydrogen) atoms. The molecule has 2 heterocycles. The van der Waals surface area contributed by atoms with Crippen LogP contribution in [-0.4, -0.2) is 48.3 Å². The zero-order valence-corrected chi connectivity index (χ0v) is 12.9. The molecule has 1 fully saturated rings. The lowest BCUT2D eigenvalue weighted by Gasteiger charge is -2.35. The van der Waals surface area contributed by atoms with Crippen molar-refractivity contribution in [3.63, 3.8) is 0 Å². The van der Waals surface area contributed by atoms with E-state index in [0.717, 1.165) is 4.88 Å². The molecule has 4 nitrogen and oxygen atoms in total. The number of hydrogen-bond acceptors (Lipinski definition) is 4. The molecule has 0 aliphatic carbocycles. The smallest absolute Gasteiger partial charge is 0.246 e. The lowest BCUT2D eigenvalue weighted by molar-refractivity contribution is -0.131. The molecule has 1 aromatic rings. The standard InChI is InChI=1S/C14H18ClNO3S/c1-16(10-14(18)6-8-19-9-7-14)13(17)5-3-11-2-4-12(15)20-11/h2-5,18H,6-10H2,1H3/b5-3+. The van der Waals surface area contributed by atoms with Crippen LogP contribution in [0, 0.1) is 0 Å². The minimum Gasteiger partial charge on any atom is -0.388 e. The van der Waals surface area contributed by atoms with Crippen LogP contribution in [0.4, 0.5) is 0 Å². The van der Waals surface area contributed by atoms with E-state index in [1.165, 1.54) is 22.3 Å². The summed E-state index contributed by atoms with van der Waals surface area (Å²) in [4.78, 5) is 14.5. The first-order valence-electron chi connectivity index (χ1n) is 6.47. The van der Waals surface area contributed by atoms with Crippen LogP contribution < -0.4 is 0 Å². The summed E-state index contributed by atoms with van der Waals surface area (Å²) < 4.78 is 5.92. The van der Waals surface area contributed by atoms with Crippen molar-refractivity contribution in [2.45, 2.75) is 18.4 Å². The lowest BCUT2D eigenvalue weighted by Crippen LogP contribution is -2.47. The van der Waals surface area contributed by atoms with Crippen LogP contribution in [0.3, 0.4) is 0 Å².